The van der Waals surface area contributed by atoms with Crippen LogP contribution in [-0.2, 0) is 9.59 Å². The number of hydrogen-bond donors (Lipinski definition) is 0. The number of thioether (sulfide) groups is 1. The van der Waals surface area contributed by atoms with Gasteiger partial charge in [0.05, 0.1) is 11.9 Å². The van der Waals surface area contributed by atoms with Gasteiger partial charge >= 0.3 is 0 Å². The van der Waals surface area contributed by atoms with Gasteiger partial charge < -0.3 is 4.90 Å². The predicted octanol–water partition coefficient (Wildman–Crippen LogP) is 2.48. The zero-order valence-corrected chi connectivity index (χ0v) is 12.3. The second-order valence-corrected chi connectivity index (χ2v) is 6.23. The monoisotopic (exact) mass is 328 g/mol. The molecule has 1 aromatic heterocycles. The van der Waals surface area contributed by atoms with E-state index in [2.05, 4.69) is 20.9 Å². The molecule has 1 aliphatic rings. The smallest absolute Gasteiger partial charge is 0.227 e. The molecule has 1 aliphatic heterocycles. The first kappa shape index (κ1) is 13.5. The maximum absolute atomic E-state index is 11.9. The van der Waals surface area contributed by atoms with Crippen molar-refractivity contribution < 1.29 is 9.59 Å². The summed E-state index contributed by atoms with van der Waals surface area (Å²) < 4.78 is 0.751. The minimum Gasteiger partial charge on any atom is -0.311 e. The van der Waals surface area contributed by atoms with Gasteiger partial charge in [0.15, 0.2) is 5.12 Å². The summed E-state index contributed by atoms with van der Waals surface area (Å²) in [5.41, 5.74) is 0.818. The average molecular weight is 329 g/mol. The molecule has 1 aromatic rings. The van der Waals surface area contributed by atoms with Crippen LogP contribution in [0.25, 0.3) is 0 Å². The highest BCUT2D eigenvalue weighted by Crippen LogP contribution is 2.27. The fraction of sp³-hybridized carbons (Fsp3) is 0.417. The Morgan fingerprint density at radius 3 is 3.00 bits per heavy atom. The summed E-state index contributed by atoms with van der Waals surface area (Å²) in [7, 11) is 0. The molecule has 0 aromatic carbocycles. The van der Waals surface area contributed by atoms with E-state index in [0.717, 1.165) is 10.3 Å². The molecule has 0 saturated carbocycles. The maximum Gasteiger partial charge on any atom is 0.227 e. The highest BCUT2D eigenvalue weighted by atomic mass is 79.9. The van der Waals surface area contributed by atoms with Crippen molar-refractivity contribution in [1.29, 1.82) is 0 Å². The Morgan fingerprint density at radius 2 is 2.39 bits per heavy atom. The lowest BCUT2D eigenvalue weighted by Gasteiger charge is -2.16. The number of nitrogens with zero attached hydrogens (tertiary/aromatic N) is 2. The zero-order chi connectivity index (χ0) is 13.1. The van der Waals surface area contributed by atoms with E-state index in [1.807, 2.05) is 12.1 Å². The van der Waals surface area contributed by atoms with Gasteiger partial charge in [0, 0.05) is 25.6 Å². The highest BCUT2D eigenvalue weighted by molar-refractivity contribution is 9.10. The number of amides is 1. The van der Waals surface area contributed by atoms with Crippen molar-refractivity contribution in [3.8, 4) is 0 Å². The molecule has 0 aliphatic carbocycles. The number of carbonyl (C=O) groups is 2. The van der Waals surface area contributed by atoms with Crippen LogP contribution in [0.2, 0.25) is 0 Å². The van der Waals surface area contributed by atoms with Crippen molar-refractivity contribution in [3.63, 3.8) is 0 Å². The fourth-order valence-electron chi connectivity index (χ4n) is 1.91. The van der Waals surface area contributed by atoms with E-state index in [9.17, 15) is 9.59 Å². The summed E-state index contributed by atoms with van der Waals surface area (Å²) in [4.78, 5) is 28.7. The van der Waals surface area contributed by atoms with Crippen LogP contribution in [0.4, 0.5) is 5.69 Å². The molecule has 1 fully saturated rings. The van der Waals surface area contributed by atoms with E-state index in [4.69, 9.17) is 0 Å². The normalized spacial score (nSPS) is 19.3. The Morgan fingerprint density at radius 1 is 1.61 bits per heavy atom. The quantitative estimate of drug-likeness (QED) is 0.800. The van der Waals surface area contributed by atoms with Crippen LogP contribution in [0.5, 0.6) is 0 Å². The lowest BCUT2D eigenvalue weighted by atomic mass is 10.1. The summed E-state index contributed by atoms with van der Waals surface area (Å²) >= 11 is 4.56. The van der Waals surface area contributed by atoms with Crippen LogP contribution in [0.3, 0.4) is 0 Å². The minimum absolute atomic E-state index is 0.103. The van der Waals surface area contributed by atoms with E-state index in [0.29, 0.717) is 18.7 Å². The minimum atomic E-state index is 0.103. The van der Waals surface area contributed by atoms with Crippen LogP contribution >= 0.6 is 27.7 Å². The van der Waals surface area contributed by atoms with Gasteiger partial charge in [-0.1, -0.05) is 11.8 Å². The molecular weight excluding hydrogens is 316 g/mol. The number of rotatable bonds is 3. The van der Waals surface area contributed by atoms with Crippen molar-refractivity contribution in [1.82, 2.24) is 4.98 Å². The van der Waals surface area contributed by atoms with Gasteiger partial charge in [-0.15, -0.1) is 0 Å². The zero-order valence-electron chi connectivity index (χ0n) is 9.93. The van der Waals surface area contributed by atoms with Gasteiger partial charge in [-0.05, 0) is 34.0 Å². The van der Waals surface area contributed by atoms with Gasteiger partial charge in [0.25, 0.3) is 0 Å². The van der Waals surface area contributed by atoms with Gasteiger partial charge in [-0.25, -0.2) is 4.98 Å². The van der Waals surface area contributed by atoms with Gasteiger partial charge in [0.1, 0.15) is 4.60 Å². The second kappa shape index (κ2) is 5.84. The summed E-state index contributed by atoms with van der Waals surface area (Å²) in [6.07, 6.45) is 2.19. The van der Waals surface area contributed by atoms with Gasteiger partial charge in [-0.3, -0.25) is 9.59 Å². The molecule has 1 amide bonds. The molecule has 1 atom stereocenters. The van der Waals surface area contributed by atoms with Crippen LogP contribution in [0, 0.1) is 5.92 Å². The molecule has 6 heteroatoms. The fourth-order valence-corrected chi connectivity index (χ4v) is 2.83. The molecule has 0 radical (unpaired) electrons. The lowest BCUT2D eigenvalue weighted by Crippen LogP contribution is -2.24. The summed E-state index contributed by atoms with van der Waals surface area (Å²) in [6.45, 7) is 2.22. The molecule has 0 spiro atoms. The van der Waals surface area contributed by atoms with Crippen molar-refractivity contribution >= 4 is 44.4 Å². The molecule has 0 bridgehead atoms. The third kappa shape index (κ3) is 3.32. The highest BCUT2D eigenvalue weighted by Gasteiger charge is 2.30. The van der Waals surface area contributed by atoms with Crippen molar-refractivity contribution in [2.45, 2.75) is 13.3 Å². The van der Waals surface area contributed by atoms with Crippen molar-refractivity contribution in [3.05, 3.63) is 22.9 Å². The van der Waals surface area contributed by atoms with Gasteiger partial charge in [-0.2, -0.15) is 0 Å². The topological polar surface area (TPSA) is 50.3 Å². The Hall–Kier alpha value is -0.880. The molecule has 1 saturated heterocycles. The van der Waals surface area contributed by atoms with Crippen LogP contribution in [0.1, 0.15) is 13.3 Å². The first-order valence-electron chi connectivity index (χ1n) is 5.61. The number of aromatic nitrogens is 1. The van der Waals surface area contributed by atoms with E-state index in [1.165, 1.54) is 11.8 Å². The molecular formula is C12H13BrN2O2S. The summed E-state index contributed by atoms with van der Waals surface area (Å²) in [5, 5.41) is 0.103. The average Bonchev–Trinajstić information content (AvgIpc) is 2.69. The molecule has 96 valence electrons. The lowest BCUT2D eigenvalue weighted by molar-refractivity contribution is -0.117. The SMILES string of the molecule is CC(=O)SCC1CC(=O)N(c2ccc(Br)nc2)C1. The van der Waals surface area contributed by atoms with E-state index in [1.54, 1.807) is 18.0 Å². The second-order valence-electron chi connectivity index (χ2n) is 4.22. The van der Waals surface area contributed by atoms with E-state index in [-0.39, 0.29) is 16.9 Å². The van der Waals surface area contributed by atoms with Crippen molar-refractivity contribution in [2.24, 2.45) is 5.92 Å². The maximum atomic E-state index is 11.9. The Bertz CT molecular complexity index is 464. The van der Waals surface area contributed by atoms with E-state index >= 15 is 0 Å². The number of halogens is 1. The molecule has 2 rings (SSSR count). The largest absolute Gasteiger partial charge is 0.311 e. The van der Waals surface area contributed by atoms with E-state index < -0.39 is 0 Å². The third-order valence-corrected chi connectivity index (χ3v) is 4.26. The van der Waals surface area contributed by atoms with Crippen LogP contribution in [0.15, 0.2) is 22.9 Å². The number of carbonyl (C=O) groups excluding carboxylic acids is 2. The number of anilines is 1. The Kier molecular flexibility index (Phi) is 4.40. The number of pyridine rings is 1. The molecule has 1 unspecified atom stereocenters. The van der Waals surface area contributed by atoms with Gasteiger partial charge in [0.2, 0.25) is 5.91 Å². The number of hydrogen-bond acceptors (Lipinski definition) is 4. The van der Waals surface area contributed by atoms with Crippen molar-refractivity contribution in [2.75, 3.05) is 17.2 Å². The molecule has 4 nitrogen and oxygen atoms in total. The van der Waals surface area contributed by atoms with Crippen LogP contribution < -0.4 is 4.90 Å². The standard InChI is InChI=1S/C12H13BrN2O2S/c1-8(16)18-7-9-4-12(17)15(6-9)10-2-3-11(13)14-5-10/h2-3,5,9H,4,6-7H2,1H3. The molecule has 18 heavy (non-hydrogen) atoms. The first-order valence-corrected chi connectivity index (χ1v) is 7.39. The summed E-state index contributed by atoms with van der Waals surface area (Å²) in [5.74, 6) is 1.06. The van der Waals surface area contributed by atoms with Crippen LogP contribution in [-0.4, -0.2) is 28.3 Å². The predicted molar refractivity (Wildman–Crippen MR) is 75.5 cm³/mol. The Labute approximate surface area is 118 Å². The summed E-state index contributed by atoms with van der Waals surface area (Å²) in [6, 6.07) is 3.69. The molecule has 0 N–H and O–H groups in total. The molecule has 2 heterocycles. The first-order chi connectivity index (χ1) is 8.56. The third-order valence-electron chi connectivity index (χ3n) is 2.75. The Balaban J connectivity index is 2.00.